The summed E-state index contributed by atoms with van der Waals surface area (Å²) in [5.41, 5.74) is 7.61. The molecule has 0 fully saturated rings. The molecule has 20 heavy (non-hydrogen) atoms. The van der Waals surface area contributed by atoms with Crippen molar-refractivity contribution in [1.29, 1.82) is 0 Å². The molecule has 6 heteroatoms. The van der Waals surface area contributed by atoms with Gasteiger partial charge in [-0.05, 0) is 30.7 Å². The molecule has 0 saturated heterocycles. The van der Waals surface area contributed by atoms with E-state index >= 15 is 0 Å². The first kappa shape index (κ1) is 12.3. The van der Waals surface area contributed by atoms with Gasteiger partial charge in [-0.3, -0.25) is 4.98 Å². The van der Waals surface area contributed by atoms with Gasteiger partial charge in [-0.1, -0.05) is 17.3 Å². The highest BCUT2D eigenvalue weighted by Crippen LogP contribution is 2.29. The summed E-state index contributed by atoms with van der Waals surface area (Å²) in [6.07, 6.45) is 1.63. The van der Waals surface area contributed by atoms with Crippen LogP contribution >= 0.6 is 0 Å². The van der Waals surface area contributed by atoms with Crippen LogP contribution in [-0.4, -0.2) is 15.1 Å². The van der Waals surface area contributed by atoms with E-state index in [1.54, 1.807) is 12.3 Å². The molecular weight excluding hydrogens is 259 g/mol. The number of anilines is 1. The van der Waals surface area contributed by atoms with Gasteiger partial charge < -0.3 is 10.3 Å². The van der Waals surface area contributed by atoms with Crippen molar-refractivity contribution in [2.75, 3.05) is 5.73 Å². The van der Waals surface area contributed by atoms with Gasteiger partial charge in [0.2, 0.25) is 5.82 Å². The van der Waals surface area contributed by atoms with Gasteiger partial charge in [0.25, 0.3) is 5.89 Å². The molecule has 0 radical (unpaired) electrons. The average Bonchev–Trinajstić information content (AvgIpc) is 2.88. The van der Waals surface area contributed by atoms with Crippen molar-refractivity contribution in [2.45, 2.75) is 6.92 Å². The lowest BCUT2D eigenvalue weighted by Crippen LogP contribution is -1.94. The molecule has 2 N–H and O–H groups in total. The fourth-order valence-corrected chi connectivity index (χ4v) is 1.91. The minimum Gasteiger partial charge on any atom is -0.398 e. The van der Waals surface area contributed by atoms with Crippen LogP contribution in [-0.2, 0) is 0 Å². The van der Waals surface area contributed by atoms with Crippen molar-refractivity contribution in [3.8, 4) is 23.0 Å². The second-order valence-electron chi connectivity index (χ2n) is 4.30. The minimum absolute atomic E-state index is 0.0423. The molecule has 2 heterocycles. The van der Waals surface area contributed by atoms with Crippen LogP contribution in [0.5, 0.6) is 0 Å². The summed E-state index contributed by atoms with van der Waals surface area (Å²) in [6, 6.07) is 8.09. The number of pyridine rings is 1. The first-order valence-electron chi connectivity index (χ1n) is 5.97. The summed E-state index contributed by atoms with van der Waals surface area (Å²) in [4.78, 5) is 8.36. The number of benzene rings is 1. The third-order valence-corrected chi connectivity index (χ3v) is 2.91. The molecule has 0 aliphatic carbocycles. The zero-order chi connectivity index (χ0) is 14.1. The van der Waals surface area contributed by atoms with Gasteiger partial charge in [0.1, 0.15) is 11.5 Å². The number of halogens is 1. The van der Waals surface area contributed by atoms with E-state index in [9.17, 15) is 4.39 Å². The van der Waals surface area contributed by atoms with Crippen LogP contribution in [0.2, 0.25) is 0 Å². The SMILES string of the molecule is Cc1cccnc1-c1noc(-c2c(N)cccc2F)n1. The molecule has 3 aromatic rings. The van der Waals surface area contributed by atoms with E-state index in [1.807, 2.05) is 19.1 Å². The van der Waals surface area contributed by atoms with E-state index in [4.69, 9.17) is 10.3 Å². The number of aromatic nitrogens is 3. The number of nitrogens with two attached hydrogens (primary N) is 1. The number of nitrogen functional groups attached to an aromatic ring is 1. The lowest BCUT2D eigenvalue weighted by Gasteiger charge is -2.00. The highest BCUT2D eigenvalue weighted by atomic mass is 19.1. The quantitative estimate of drug-likeness (QED) is 0.724. The fraction of sp³-hybridized carbons (Fsp3) is 0.0714. The maximum absolute atomic E-state index is 13.8. The van der Waals surface area contributed by atoms with Crippen molar-refractivity contribution in [3.63, 3.8) is 0 Å². The van der Waals surface area contributed by atoms with E-state index in [2.05, 4.69) is 15.1 Å². The molecule has 5 nitrogen and oxygen atoms in total. The van der Waals surface area contributed by atoms with Crippen LogP contribution in [0.1, 0.15) is 5.56 Å². The monoisotopic (exact) mass is 270 g/mol. The zero-order valence-corrected chi connectivity index (χ0v) is 10.7. The Kier molecular flexibility index (Phi) is 2.90. The zero-order valence-electron chi connectivity index (χ0n) is 10.7. The molecule has 1 aromatic carbocycles. The fourth-order valence-electron chi connectivity index (χ4n) is 1.91. The first-order chi connectivity index (χ1) is 9.66. The van der Waals surface area contributed by atoms with E-state index in [0.29, 0.717) is 11.5 Å². The van der Waals surface area contributed by atoms with E-state index in [0.717, 1.165) is 5.56 Å². The van der Waals surface area contributed by atoms with Gasteiger partial charge in [0.15, 0.2) is 0 Å². The highest BCUT2D eigenvalue weighted by Gasteiger charge is 2.18. The average molecular weight is 270 g/mol. The van der Waals surface area contributed by atoms with Crippen LogP contribution in [0.15, 0.2) is 41.1 Å². The summed E-state index contributed by atoms with van der Waals surface area (Å²) in [5.74, 6) is -0.153. The molecule has 0 atom stereocenters. The molecule has 0 aliphatic heterocycles. The van der Waals surface area contributed by atoms with Gasteiger partial charge in [-0.25, -0.2) is 4.39 Å². The Morgan fingerprint density at radius 1 is 1.20 bits per heavy atom. The summed E-state index contributed by atoms with van der Waals surface area (Å²) < 4.78 is 18.9. The normalized spacial score (nSPS) is 10.7. The molecule has 2 aromatic heterocycles. The van der Waals surface area contributed by atoms with Gasteiger partial charge in [0, 0.05) is 11.9 Å². The number of hydrogen-bond acceptors (Lipinski definition) is 5. The Morgan fingerprint density at radius 3 is 2.80 bits per heavy atom. The van der Waals surface area contributed by atoms with E-state index in [-0.39, 0.29) is 17.1 Å². The second-order valence-corrected chi connectivity index (χ2v) is 4.30. The maximum Gasteiger partial charge on any atom is 0.263 e. The van der Waals surface area contributed by atoms with Crippen molar-refractivity contribution in [1.82, 2.24) is 15.1 Å². The molecule has 0 amide bonds. The van der Waals surface area contributed by atoms with Crippen LogP contribution in [0.4, 0.5) is 10.1 Å². The van der Waals surface area contributed by atoms with Crippen molar-refractivity contribution >= 4 is 5.69 Å². The van der Waals surface area contributed by atoms with Crippen LogP contribution in [0.25, 0.3) is 23.0 Å². The molecular formula is C14H11FN4O. The number of aryl methyl sites for hydroxylation is 1. The van der Waals surface area contributed by atoms with Crippen molar-refractivity contribution in [2.24, 2.45) is 0 Å². The predicted octanol–water partition coefficient (Wildman–Crippen LogP) is 2.83. The Labute approximate surface area is 114 Å². The van der Waals surface area contributed by atoms with Gasteiger partial charge >= 0.3 is 0 Å². The number of nitrogens with zero attached hydrogens (tertiary/aromatic N) is 3. The molecule has 0 aliphatic rings. The van der Waals surface area contributed by atoms with E-state index < -0.39 is 5.82 Å². The largest absolute Gasteiger partial charge is 0.398 e. The Hall–Kier alpha value is -2.76. The van der Waals surface area contributed by atoms with Gasteiger partial charge in [-0.15, -0.1) is 0 Å². The molecule has 0 spiro atoms. The molecule has 0 saturated carbocycles. The van der Waals surface area contributed by atoms with Crippen LogP contribution in [0.3, 0.4) is 0 Å². The summed E-state index contributed by atoms with van der Waals surface area (Å²) >= 11 is 0. The second kappa shape index (κ2) is 4.73. The number of rotatable bonds is 2. The molecule has 0 unspecified atom stereocenters. The van der Waals surface area contributed by atoms with Crippen molar-refractivity contribution < 1.29 is 8.91 Å². The predicted molar refractivity (Wildman–Crippen MR) is 72.1 cm³/mol. The van der Waals surface area contributed by atoms with Gasteiger partial charge in [-0.2, -0.15) is 4.98 Å². The van der Waals surface area contributed by atoms with Crippen molar-refractivity contribution in [3.05, 3.63) is 47.9 Å². The molecule has 100 valence electrons. The first-order valence-corrected chi connectivity index (χ1v) is 5.97. The standard InChI is InChI=1S/C14H11FN4O/c1-8-4-3-7-17-12(8)13-18-14(20-19-13)11-9(15)5-2-6-10(11)16/h2-7H,16H2,1H3. The molecule has 0 bridgehead atoms. The summed E-state index contributed by atoms with van der Waals surface area (Å²) in [5, 5.41) is 3.84. The third-order valence-electron chi connectivity index (χ3n) is 2.91. The lowest BCUT2D eigenvalue weighted by molar-refractivity contribution is 0.429. The Balaban J connectivity index is 2.10. The minimum atomic E-state index is -0.502. The Morgan fingerprint density at radius 2 is 2.05 bits per heavy atom. The number of hydrogen-bond donors (Lipinski definition) is 1. The lowest BCUT2D eigenvalue weighted by atomic mass is 10.1. The third kappa shape index (κ3) is 2.01. The highest BCUT2D eigenvalue weighted by molar-refractivity contribution is 5.71. The van der Waals surface area contributed by atoms with Crippen LogP contribution in [0, 0.1) is 12.7 Å². The van der Waals surface area contributed by atoms with Crippen LogP contribution < -0.4 is 5.73 Å². The topological polar surface area (TPSA) is 77.8 Å². The Bertz CT molecular complexity index is 749. The smallest absolute Gasteiger partial charge is 0.263 e. The summed E-state index contributed by atoms with van der Waals surface area (Å²) in [7, 11) is 0. The maximum atomic E-state index is 13.8. The molecule has 3 rings (SSSR count). The van der Waals surface area contributed by atoms with Gasteiger partial charge in [0.05, 0.1) is 5.56 Å². The summed E-state index contributed by atoms with van der Waals surface area (Å²) in [6.45, 7) is 1.88. The van der Waals surface area contributed by atoms with E-state index in [1.165, 1.54) is 12.1 Å².